The van der Waals surface area contributed by atoms with Crippen LogP contribution in [-0.4, -0.2) is 45.0 Å². The third-order valence-corrected chi connectivity index (χ3v) is 7.79. The first-order chi connectivity index (χ1) is 18.5. The Hall–Kier alpha value is -3.69. The Morgan fingerprint density at radius 2 is 1.87 bits per heavy atom. The highest BCUT2D eigenvalue weighted by molar-refractivity contribution is 9.10. The van der Waals surface area contributed by atoms with Gasteiger partial charge >= 0.3 is 0 Å². The van der Waals surface area contributed by atoms with Crippen molar-refractivity contribution in [1.29, 1.82) is 0 Å². The van der Waals surface area contributed by atoms with Crippen LogP contribution in [0.2, 0.25) is 5.02 Å². The number of likely N-dealkylation sites (tertiary alicyclic amines) is 1. The molecule has 0 aliphatic carbocycles. The topological polar surface area (TPSA) is 92.7 Å². The van der Waals surface area contributed by atoms with E-state index in [1.807, 2.05) is 30.3 Å². The van der Waals surface area contributed by atoms with Crippen molar-refractivity contribution in [2.75, 3.05) is 25.0 Å². The minimum absolute atomic E-state index is 0.0841. The number of benzene rings is 2. The molecule has 0 bridgehead atoms. The van der Waals surface area contributed by atoms with Gasteiger partial charge in [0.25, 0.3) is 5.91 Å². The molecule has 1 aliphatic rings. The van der Waals surface area contributed by atoms with E-state index in [9.17, 15) is 9.59 Å². The maximum Gasteiger partial charge on any atom is 0.289 e. The molecule has 0 spiro atoms. The van der Waals surface area contributed by atoms with E-state index in [4.69, 9.17) is 21.0 Å². The molecule has 38 heavy (non-hydrogen) atoms. The molecule has 6 rings (SSSR count). The molecule has 192 valence electrons. The van der Waals surface area contributed by atoms with E-state index in [0.29, 0.717) is 47.2 Å². The van der Waals surface area contributed by atoms with E-state index in [1.165, 1.54) is 6.07 Å². The minimum atomic E-state index is -0.249. The number of anilines is 1. The molecular formula is C28H23BrClN5O3. The summed E-state index contributed by atoms with van der Waals surface area (Å²) in [5.41, 5.74) is 2.51. The van der Waals surface area contributed by atoms with Crippen molar-refractivity contribution in [3.8, 4) is 11.3 Å². The molecule has 1 aliphatic heterocycles. The number of rotatable bonds is 5. The second-order valence-electron chi connectivity index (χ2n) is 9.32. The number of piperidine rings is 1. The largest absolute Gasteiger partial charge is 0.451 e. The molecule has 0 atom stereocenters. The SMILES string of the molecule is O=C(c1cc(=O)c2ccccc2o1)N1CCC(CNc2cc(-c3ccccc3Cl)nc3c(Br)cnn23)CC1. The van der Waals surface area contributed by atoms with E-state index in [-0.39, 0.29) is 17.1 Å². The standard InChI is InChI=1S/C28H23BrClN5O3/c29-20-16-32-35-26(13-22(33-27(20)35)18-5-1-3-7-21(18)30)31-15-17-9-11-34(12-10-17)28(37)25-14-23(36)19-6-2-4-8-24(19)38-25/h1-8,13-14,16-17,31H,9-12,15H2. The smallest absolute Gasteiger partial charge is 0.289 e. The Labute approximate surface area is 231 Å². The molecule has 1 N–H and O–H groups in total. The van der Waals surface area contributed by atoms with Crippen LogP contribution in [0.25, 0.3) is 27.9 Å². The lowest BCUT2D eigenvalue weighted by Gasteiger charge is -2.32. The number of amides is 1. The summed E-state index contributed by atoms with van der Waals surface area (Å²) in [6.45, 7) is 1.89. The van der Waals surface area contributed by atoms with Crippen LogP contribution in [0, 0.1) is 5.92 Å². The van der Waals surface area contributed by atoms with Gasteiger partial charge in [0.05, 0.1) is 21.7 Å². The van der Waals surface area contributed by atoms with E-state index >= 15 is 0 Å². The average Bonchev–Trinajstić information content (AvgIpc) is 3.32. The molecule has 3 aromatic heterocycles. The summed E-state index contributed by atoms with van der Waals surface area (Å²) < 4.78 is 8.32. The predicted molar refractivity (Wildman–Crippen MR) is 151 cm³/mol. The van der Waals surface area contributed by atoms with Gasteiger partial charge in [-0.1, -0.05) is 41.9 Å². The van der Waals surface area contributed by atoms with Crippen LogP contribution >= 0.6 is 27.5 Å². The number of hydrogen-bond donors (Lipinski definition) is 1. The Morgan fingerprint density at radius 1 is 1.11 bits per heavy atom. The predicted octanol–water partition coefficient (Wildman–Crippen LogP) is 5.88. The molecular weight excluding hydrogens is 570 g/mol. The van der Waals surface area contributed by atoms with Gasteiger partial charge in [0, 0.05) is 42.4 Å². The van der Waals surface area contributed by atoms with Gasteiger partial charge in [-0.3, -0.25) is 9.59 Å². The summed E-state index contributed by atoms with van der Waals surface area (Å²) in [4.78, 5) is 32.0. The second kappa shape index (κ2) is 10.2. The molecule has 2 aromatic carbocycles. The number of hydrogen-bond acceptors (Lipinski definition) is 6. The molecule has 4 heterocycles. The summed E-state index contributed by atoms with van der Waals surface area (Å²) in [5.74, 6) is 1.00. The summed E-state index contributed by atoms with van der Waals surface area (Å²) in [6, 6.07) is 17.8. The number of carbonyl (C=O) groups excluding carboxylic acids is 1. The molecule has 0 unspecified atom stereocenters. The van der Waals surface area contributed by atoms with Crippen LogP contribution in [-0.2, 0) is 0 Å². The van der Waals surface area contributed by atoms with Gasteiger partial charge in [0.1, 0.15) is 11.4 Å². The molecule has 1 fully saturated rings. The number of aromatic nitrogens is 3. The van der Waals surface area contributed by atoms with Crippen LogP contribution < -0.4 is 10.7 Å². The van der Waals surface area contributed by atoms with Gasteiger partial charge in [-0.15, -0.1) is 0 Å². The zero-order valence-corrected chi connectivity index (χ0v) is 22.6. The van der Waals surface area contributed by atoms with Gasteiger partial charge in [0.2, 0.25) is 0 Å². The molecule has 10 heteroatoms. The van der Waals surface area contributed by atoms with Gasteiger partial charge in [-0.05, 0) is 52.9 Å². The summed E-state index contributed by atoms with van der Waals surface area (Å²) in [6.07, 6.45) is 3.37. The number of fused-ring (bicyclic) bond motifs is 2. The molecule has 5 aromatic rings. The average molecular weight is 593 g/mol. The first-order valence-electron chi connectivity index (χ1n) is 12.3. The first-order valence-corrected chi connectivity index (χ1v) is 13.5. The minimum Gasteiger partial charge on any atom is -0.451 e. The van der Waals surface area contributed by atoms with Crippen molar-refractivity contribution in [1.82, 2.24) is 19.5 Å². The van der Waals surface area contributed by atoms with Crippen molar-refractivity contribution in [3.05, 3.63) is 92.3 Å². The summed E-state index contributed by atoms with van der Waals surface area (Å²) in [5, 5.41) is 9.10. The van der Waals surface area contributed by atoms with Crippen molar-refractivity contribution in [3.63, 3.8) is 0 Å². The molecule has 1 amide bonds. The van der Waals surface area contributed by atoms with Crippen LogP contribution in [0.1, 0.15) is 23.4 Å². The van der Waals surface area contributed by atoms with E-state index in [0.717, 1.165) is 34.4 Å². The van der Waals surface area contributed by atoms with Crippen LogP contribution in [0.3, 0.4) is 0 Å². The van der Waals surface area contributed by atoms with E-state index in [1.54, 1.807) is 39.9 Å². The van der Waals surface area contributed by atoms with Crippen LogP contribution in [0.15, 0.2) is 80.5 Å². The lowest BCUT2D eigenvalue weighted by molar-refractivity contribution is 0.0663. The third kappa shape index (κ3) is 4.68. The highest BCUT2D eigenvalue weighted by Gasteiger charge is 2.26. The third-order valence-electron chi connectivity index (χ3n) is 6.90. The molecule has 0 saturated carbocycles. The van der Waals surface area contributed by atoms with Gasteiger partial charge in [0.15, 0.2) is 16.8 Å². The van der Waals surface area contributed by atoms with E-state index in [2.05, 4.69) is 26.3 Å². The van der Waals surface area contributed by atoms with Crippen molar-refractivity contribution in [2.24, 2.45) is 5.92 Å². The Balaban J connectivity index is 1.15. The number of nitrogens with one attached hydrogen (secondary N) is 1. The summed E-state index contributed by atoms with van der Waals surface area (Å²) in [7, 11) is 0. The van der Waals surface area contributed by atoms with Crippen LogP contribution in [0.5, 0.6) is 0 Å². The summed E-state index contributed by atoms with van der Waals surface area (Å²) >= 11 is 9.98. The monoisotopic (exact) mass is 591 g/mol. The highest BCUT2D eigenvalue weighted by Crippen LogP contribution is 2.31. The van der Waals surface area contributed by atoms with Gasteiger partial charge in [-0.25, -0.2) is 4.98 Å². The number of nitrogens with zero attached hydrogens (tertiary/aromatic N) is 4. The lowest BCUT2D eigenvalue weighted by atomic mass is 9.96. The second-order valence-corrected chi connectivity index (χ2v) is 10.6. The number of carbonyl (C=O) groups is 1. The van der Waals surface area contributed by atoms with Crippen molar-refractivity contribution in [2.45, 2.75) is 12.8 Å². The maximum absolute atomic E-state index is 13.1. The fourth-order valence-electron chi connectivity index (χ4n) is 4.82. The van der Waals surface area contributed by atoms with Crippen molar-refractivity contribution < 1.29 is 9.21 Å². The van der Waals surface area contributed by atoms with Crippen molar-refractivity contribution >= 4 is 55.9 Å². The van der Waals surface area contributed by atoms with Crippen LogP contribution in [0.4, 0.5) is 5.82 Å². The molecule has 0 radical (unpaired) electrons. The number of halogens is 2. The normalized spacial score (nSPS) is 14.3. The fourth-order valence-corrected chi connectivity index (χ4v) is 5.40. The molecule has 8 nitrogen and oxygen atoms in total. The Morgan fingerprint density at radius 3 is 2.68 bits per heavy atom. The lowest BCUT2D eigenvalue weighted by Crippen LogP contribution is -2.40. The highest BCUT2D eigenvalue weighted by atomic mass is 79.9. The zero-order valence-electron chi connectivity index (χ0n) is 20.2. The Bertz CT molecular complexity index is 1730. The maximum atomic E-state index is 13.1. The van der Waals surface area contributed by atoms with Gasteiger partial charge in [-0.2, -0.15) is 9.61 Å². The zero-order chi connectivity index (χ0) is 26.2. The molecule has 1 saturated heterocycles. The fraction of sp³-hybridized carbons (Fsp3) is 0.214. The number of para-hydroxylation sites is 1. The van der Waals surface area contributed by atoms with Gasteiger partial charge < -0.3 is 14.6 Å². The quantitative estimate of drug-likeness (QED) is 0.274. The first kappa shape index (κ1) is 24.6. The van der Waals surface area contributed by atoms with E-state index < -0.39 is 0 Å². The Kier molecular flexibility index (Phi) is 6.63.